The molecule has 1 atom stereocenters. The first-order valence-electron chi connectivity index (χ1n) is 6.81. The summed E-state index contributed by atoms with van der Waals surface area (Å²) in [5, 5.41) is 2.04. The highest BCUT2D eigenvalue weighted by molar-refractivity contribution is 7.10. The van der Waals surface area contributed by atoms with Gasteiger partial charge in [0.15, 0.2) is 0 Å². The highest BCUT2D eigenvalue weighted by Crippen LogP contribution is 2.34. The van der Waals surface area contributed by atoms with Crippen LogP contribution in [0.1, 0.15) is 29.3 Å². The molecule has 0 spiro atoms. The SMILES string of the molecule is O=C(Cc1cccc(F)c1)N1CCC[C@@H]1c1cccs1. The number of benzene rings is 1. The summed E-state index contributed by atoms with van der Waals surface area (Å²) in [6.45, 7) is 0.802. The predicted octanol–water partition coefficient (Wildman–Crippen LogP) is 3.79. The third-order valence-corrected chi connectivity index (χ3v) is 4.66. The van der Waals surface area contributed by atoms with E-state index in [2.05, 4.69) is 6.07 Å². The minimum absolute atomic E-state index is 0.0894. The Balaban J connectivity index is 1.73. The van der Waals surface area contributed by atoms with Gasteiger partial charge in [-0.1, -0.05) is 18.2 Å². The largest absolute Gasteiger partial charge is 0.335 e. The summed E-state index contributed by atoms with van der Waals surface area (Å²) in [6.07, 6.45) is 2.34. The lowest BCUT2D eigenvalue weighted by Crippen LogP contribution is -2.31. The smallest absolute Gasteiger partial charge is 0.227 e. The van der Waals surface area contributed by atoms with Gasteiger partial charge in [0.05, 0.1) is 12.5 Å². The van der Waals surface area contributed by atoms with Crippen molar-refractivity contribution in [3.8, 4) is 0 Å². The normalized spacial score (nSPS) is 18.4. The molecule has 2 nitrogen and oxygen atoms in total. The van der Waals surface area contributed by atoms with Crippen molar-refractivity contribution < 1.29 is 9.18 Å². The molecule has 0 radical (unpaired) electrons. The molecule has 1 amide bonds. The number of hydrogen-bond donors (Lipinski definition) is 0. The number of likely N-dealkylation sites (tertiary alicyclic amines) is 1. The van der Waals surface area contributed by atoms with E-state index in [-0.39, 0.29) is 24.2 Å². The summed E-state index contributed by atoms with van der Waals surface area (Å²) in [6, 6.07) is 10.6. The van der Waals surface area contributed by atoms with E-state index in [1.165, 1.54) is 17.0 Å². The highest BCUT2D eigenvalue weighted by atomic mass is 32.1. The van der Waals surface area contributed by atoms with E-state index in [1.54, 1.807) is 23.5 Å². The van der Waals surface area contributed by atoms with Crippen LogP contribution in [-0.4, -0.2) is 17.4 Å². The maximum atomic E-state index is 13.2. The molecule has 1 saturated heterocycles. The molecule has 1 aromatic carbocycles. The van der Waals surface area contributed by atoms with Crippen molar-refractivity contribution in [2.24, 2.45) is 0 Å². The molecular weight excluding hydrogens is 273 g/mol. The van der Waals surface area contributed by atoms with Gasteiger partial charge in [0, 0.05) is 11.4 Å². The van der Waals surface area contributed by atoms with Crippen LogP contribution in [0.4, 0.5) is 4.39 Å². The molecule has 4 heteroatoms. The van der Waals surface area contributed by atoms with E-state index in [4.69, 9.17) is 0 Å². The first-order valence-corrected chi connectivity index (χ1v) is 7.69. The van der Waals surface area contributed by atoms with Gasteiger partial charge in [0.25, 0.3) is 0 Å². The molecule has 104 valence electrons. The van der Waals surface area contributed by atoms with Gasteiger partial charge in [-0.15, -0.1) is 11.3 Å². The second kappa shape index (κ2) is 5.75. The van der Waals surface area contributed by atoms with E-state index in [1.807, 2.05) is 16.3 Å². The van der Waals surface area contributed by atoms with Crippen LogP contribution in [0.15, 0.2) is 41.8 Å². The molecule has 1 aliphatic rings. The summed E-state index contributed by atoms with van der Waals surface area (Å²) >= 11 is 1.70. The summed E-state index contributed by atoms with van der Waals surface area (Å²) in [7, 11) is 0. The van der Waals surface area contributed by atoms with Crippen LogP contribution >= 0.6 is 11.3 Å². The lowest BCUT2D eigenvalue weighted by Gasteiger charge is -2.24. The zero-order valence-corrected chi connectivity index (χ0v) is 11.9. The van der Waals surface area contributed by atoms with E-state index in [0.717, 1.165) is 24.9 Å². The lowest BCUT2D eigenvalue weighted by molar-refractivity contribution is -0.131. The molecule has 0 unspecified atom stereocenters. The monoisotopic (exact) mass is 289 g/mol. The zero-order chi connectivity index (χ0) is 13.9. The molecule has 0 saturated carbocycles. The molecule has 3 rings (SSSR count). The quantitative estimate of drug-likeness (QED) is 0.841. The van der Waals surface area contributed by atoms with Crippen LogP contribution < -0.4 is 0 Å². The topological polar surface area (TPSA) is 20.3 Å². The Morgan fingerprint density at radius 2 is 2.25 bits per heavy atom. The molecule has 1 aliphatic heterocycles. The van der Waals surface area contributed by atoms with Crippen LogP contribution in [0, 0.1) is 5.82 Å². The van der Waals surface area contributed by atoms with Gasteiger partial charge >= 0.3 is 0 Å². The van der Waals surface area contributed by atoms with Crippen LogP contribution in [0.2, 0.25) is 0 Å². The minimum Gasteiger partial charge on any atom is -0.335 e. The Bertz CT molecular complexity index is 596. The Morgan fingerprint density at radius 3 is 3.00 bits per heavy atom. The fraction of sp³-hybridized carbons (Fsp3) is 0.312. The third-order valence-electron chi connectivity index (χ3n) is 3.69. The second-order valence-electron chi connectivity index (χ2n) is 5.07. The summed E-state index contributed by atoms with van der Waals surface area (Å²) in [4.78, 5) is 15.6. The van der Waals surface area contributed by atoms with Gasteiger partial charge in [-0.3, -0.25) is 4.79 Å². The number of amides is 1. The summed E-state index contributed by atoms with van der Waals surface area (Å²) in [5.41, 5.74) is 0.742. The van der Waals surface area contributed by atoms with Gasteiger partial charge in [0.1, 0.15) is 5.82 Å². The Morgan fingerprint density at radius 1 is 1.35 bits per heavy atom. The lowest BCUT2D eigenvalue weighted by atomic mass is 10.1. The average Bonchev–Trinajstić information content (AvgIpc) is 3.09. The number of rotatable bonds is 3. The Labute approximate surface area is 121 Å². The van der Waals surface area contributed by atoms with Crippen molar-refractivity contribution in [3.05, 3.63) is 58.0 Å². The Hall–Kier alpha value is -1.68. The van der Waals surface area contributed by atoms with E-state index in [0.29, 0.717) is 0 Å². The minimum atomic E-state index is -0.286. The van der Waals surface area contributed by atoms with Gasteiger partial charge in [-0.05, 0) is 42.0 Å². The van der Waals surface area contributed by atoms with Crippen LogP contribution in [0.5, 0.6) is 0 Å². The molecule has 2 aromatic rings. The van der Waals surface area contributed by atoms with Crippen molar-refractivity contribution in [2.75, 3.05) is 6.54 Å². The number of carbonyl (C=O) groups excluding carboxylic acids is 1. The van der Waals surface area contributed by atoms with Crippen LogP contribution in [0.3, 0.4) is 0 Å². The maximum Gasteiger partial charge on any atom is 0.227 e. The van der Waals surface area contributed by atoms with Crippen molar-refractivity contribution >= 4 is 17.2 Å². The van der Waals surface area contributed by atoms with Crippen LogP contribution in [0.25, 0.3) is 0 Å². The number of carbonyl (C=O) groups is 1. The molecule has 1 aromatic heterocycles. The predicted molar refractivity (Wildman–Crippen MR) is 78.1 cm³/mol. The fourth-order valence-electron chi connectivity index (χ4n) is 2.76. The van der Waals surface area contributed by atoms with E-state index >= 15 is 0 Å². The zero-order valence-electron chi connectivity index (χ0n) is 11.1. The average molecular weight is 289 g/mol. The molecule has 0 aliphatic carbocycles. The van der Waals surface area contributed by atoms with Gasteiger partial charge in [-0.2, -0.15) is 0 Å². The number of thiophene rings is 1. The molecule has 0 bridgehead atoms. The first kappa shape index (κ1) is 13.3. The van der Waals surface area contributed by atoms with Crippen LogP contribution in [-0.2, 0) is 11.2 Å². The molecule has 2 heterocycles. The van der Waals surface area contributed by atoms with E-state index in [9.17, 15) is 9.18 Å². The van der Waals surface area contributed by atoms with E-state index < -0.39 is 0 Å². The Kier molecular flexibility index (Phi) is 3.83. The van der Waals surface area contributed by atoms with Gasteiger partial charge < -0.3 is 4.90 Å². The van der Waals surface area contributed by atoms with Crippen molar-refractivity contribution in [2.45, 2.75) is 25.3 Å². The number of hydrogen-bond acceptors (Lipinski definition) is 2. The standard InChI is InChI=1S/C16H16FNOS/c17-13-5-1-4-12(10-13)11-16(19)18-8-2-6-14(18)15-7-3-9-20-15/h1,3-5,7,9-10,14H,2,6,8,11H2/t14-/m1/s1. The van der Waals surface area contributed by atoms with Crippen molar-refractivity contribution in [1.29, 1.82) is 0 Å². The van der Waals surface area contributed by atoms with Crippen molar-refractivity contribution in [1.82, 2.24) is 4.90 Å². The molecular formula is C16H16FNOS. The number of halogens is 1. The summed E-state index contributed by atoms with van der Waals surface area (Å²) < 4.78 is 13.2. The first-order chi connectivity index (χ1) is 9.74. The van der Waals surface area contributed by atoms with Gasteiger partial charge in [0.2, 0.25) is 5.91 Å². The molecule has 0 N–H and O–H groups in total. The summed E-state index contributed by atoms with van der Waals surface area (Å²) in [5.74, 6) is -0.196. The molecule has 20 heavy (non-hydrogen) atoms. The highest BCUT2D eigenvalue weighted by Gasteiger charge is 2.30. The van der Waals surface area contributed by atoms with Gasteiger partial charge in [-0.25, -0.2) is 4.39 Å². The maximum absolute atomic E-state index is 13.2. The number of nitrogens with zero attached hydrogens (tertiary/aromatic N) is 1. The fourth-order valence-corrected chi connectivity index (χ4v) is 3.64. The second-order valence-corrected chi connectivity index (χ2v) is 6.05. The molecule has 1 fully saturated rings. The third kappa shape index (κ3) is 2.75. The van der Waals surface area contributed by atoms with Crippen molar-refractivity contribution in [3.63, 3.8) is 0 Å².